The monoisotopic (exact) mass is 505 g/mol. The van der Waals surface area contributed by atoms with Crippen molar-refractivity contribution >= 4 is 33.4 Å². The lowest BCUT2D eigenvalue weighted by Crippen LogP contribution is -2.55. The van der Waals surface area contributed by atoms with Crippen LogP contribution in [0.5, 0.6) is 5.75 Å². The van der Waals surface area contributed by atoms with Crippen molar-refractivity contribution in [3.63, 3.8) is 0 Å². The Labute approximate surface area is 195 Å². The predicted octanol–water partition coefficient (Wildman–Crippen LogP) is 1.71. The molecular formula is C23H28BrN3O5. The lowest BCUT2D eigenvalue weighted by molar-refractivity contribution is -0.153. The third-order valence-corrected chi connectivity index (χ3v) is 6.09. The van der Waals surface area contributed by atoms with Crippen LogP contribution in [-0.4, -0.2) is 72.4 Å². The second-order valence-corrected chi connectivity index (χ2v) is 8.60. The fraction of sp³-hybridized carbons (Fsp3) is 0.391. The minimum atomic E-state index is -1.85. The molecule has 0 aliphatic carbocycles. The number of methoxy groups -OCH3 is 1. The van der Waals surface area contributed by atoms with E-state index < -0.39 is 24.0 Å². The van der Waals surface area contributed by atoms with Crippen molar-refractivity contribution in [2.75, 3.05) is 38.2 Å². The minimum Gasteiger partial charge on any atom is -0.497 e. The summed E-state index contributed by atoms with van der Waals surface area (Å²) in [6, 6.07) is 14.6. The highest BCUT2D eigenvalue weighted by Gasteiger charge is 2.35. The number of nitrogens with one attached hydrogen (secondary N) is 1. The summed E-state index contributed by atoms with van der Waals surface area (Å²) in [5.74, 6) is -0.701. The number of anilines is 1. The van der Waals surface area contributed by atoms with Gasteiger partial charge in [-0.2, -0.15) is 0 Å². The molecule has 1 fully saturated rings. The molecule has 1 saturated heterocycles. The summed E-state index contributed by atoms with van der Waals surface area (Å²) in [5.41, 5.74) is 1.82. The third kappa shape index (κ3) is 5.79. The summed E-state index contributed by atoms with van der Waals surface area (Å²) in [6.07, 6.45) is -3.67. The van der Waals surface area contributed by atoms with Gasteiger partial charge in [-0.3, -0.25) is 9.59 Å². The third-order valence-electron chi connectivity index (χ3n) is 5.56. The van der Waals surface area contributed by atoms with E-state index in [4.69, 9.17) is 4.74 Å². The van der Waals surface area contributed by atoms with E-state index >= 15 is 0 Å². The zero-order valence-electron chi connectivity index (χ0n) is 18.1. The molecule has 2 aromatic rings. The molecule has 0 aromatic heterocycles. The van der Waals surface area contributed by atoms with Crippen molar-refractivity contribution in [3.8, 4) is 5.75 Å². The molecular weight excluding hydrogens is 478 g/mol. The first-order valence-electron chi connectivity index (χ1n) is 10.4. The molecule has 172 valence electrons. The lowest BCUT2D eigenvalue weighted by atomic mass is 10.1. The fourth-order valence-corrected chi connectivity index (χ4v) is 3.86. The minimum absolute atomic E-state index is 0.372. The maximum absolute atomic E-state index is 12.7. The zero-order chi connectivity index (χ0) is 23.3. The van der Waals surface area contributed by atoms with Crippen LogP contribution in [0.1, 0.15) is 18.5 Å². The number of aliphatic hydroxyl groups excluding tert-OH is 2. The number of amides is 2. The molecule has 2 amide bonds. The molecule has 32 heavy (non-hydrogen) atoms. The van der Waals surface area contributed by atoms with Gasteiger partial charge in [-0.25, -0.2) is 0 Å². The molecule has 1 aliphatic rings. The Morgan fingerprint density at radius 1 is 1.03 bits per heavy atom. The van der Waals surface area contributed by atoms with Crippen LogP contribution in [-0.2, 0) is 9.59 Å². The van der Waals surface area contributed by atoms with Crippen LogP contribution >= 0.6 is 15.9 Å². The van der Waals surface area contributed by atoms with Crippen molar-refractivity contribution in [2.45, 2.75) is 25.2 Å². The molecule has 2 aromatic carbocycles. The van der Waals surface area contributed by atoms with E-state index in [9.17, 15) is 19.8 Å². The molecule has 0 spiro atoms. The number of piperazine rings is 1. The molecule has 3 N–H and O–H groups in total. The molecule has 9 heteroatoms. The highest BCUT2D eigenvalue weighted by molar-refractivity contribution is 9.10. The van der Waals surface area contributed by atoms with Crippen molar-refractivity contribution < 1.29 is 24.5 Å². The molecule has 0 bridgehead atoms. The maximum atomic E-state index is 12.7. The van der Waals surface area contributed by atoms with Crippen molar-refractivity contribution in [2.24, 2.45) is 0 Å². The summed E-state index contributed by atoms with van der Waals surface area (Å²) in [6.45, 7) is 3.64. The Balaban J connectivity index is 1.53. The van der Waals surface area contributed by atoms with E-state index in [-0.39, 0.29) is 6.04 Å². The van der Waals surface area contributed by atoms with Gasteiger partial charge in [-0.1, -0.05) is 34.1 Å². The number of ether oxygens (including phenoxy) is 1. The predicted molar refractivity (Wildman–Crippen MR) is 125 cm³/mol. The van der Waals surface area contributed by atoms with Gasteiger partial charge in [0.1, 0.15) is 5.75 Å². The van der Waals surface area contributed by atoms with E-state index in [2.05, 4.69) is 26.1 Å². The number of benzene rings is 2. The van der Waals surface area contributed by atoms with Crippen LogP contribution in [0, 0.1) is 0 Å². The number of aliphatic hydroxyl groups is 2. The number of rotatable bonds is 7. The van der Waals surface area contributed by atoms with Gasteiger partial charge in [-0.15, -0.1) is 0 Å². The van der Waals surface area contributed by atoms with Crippen LogP contribution < -0.4 is 15.0 Å². The fourth-order valence-electron chi connectivity index (χ4n) is 3.59. The van der Waals surface area contributed by atoms with E-state index in [1.54, 1.807) is 14.0 Å². The summed E-state index contributed by atoms with van der Waals surface area (Å²) in [7, 11) is 1.61. The smallest absolute Gasteiger partial charge is 0.254 e. The van der Waals surface area contributed by atoms with Crippen molar-refractivity contribution in [3.05, 3.63) is 58.6 Å². The van der Waals surface area contributed by atoms with Gasteiger partial charge < -0.3 is 30.1 Å². The standard InChI is InChI=1S/C23H28BrN3O5/c1-15(16-6-8-17(24)9-7-16)25-22(30)20(28)21(29)23(31)27-12-10-26(11-13-27)18-4-3-5-19(14-18)32-2/h3-9,14-15,20-21,28-29H,10-13H2,1-2H3,(H,25,30)/t15-,20+,21+/m0/s1. The van der Waals surface area contributed by atoms with E-state index in [1.807, 2.05) is 48.5 Å². The summed E-state index contributed by atoms with van der Waals surface area (Å²) >= 11 is 3.35. The molecule has 8 nitrogen and oxygen atoms in total. The lowest BCUT2D eigenvalue weighted by Gasteiger charge is -2.37. The molecule has 3 atom stereocenters. The Kier molecular flexibility index (Phi) is 8.11. The van der Waals surface area contributed by atoms with Gasteiger partial charge in [0.15, 0.2) is 12.2 Å². The van der Waals surface area contributed by atoms with Crippen LogP contribution in [0.15, 0.2) is 53.0 Å². The van der Waals surface area contributed by atoms with Gasteiger partial charge in [-0.05, 0) is 36.8 Å². The van der Waals surface area contributed by atoms with Gasteiger partial charge in [0, 0.05) is 42.4 Å². The van der Waals surface area contributed by atoms with Gasteiger partial charge in [0.05, 0.1) is 13.2 Å². The van der Waals surface area contributed by atoms with E-state index in [0.717, 1.165) is 21.5 Å². The largest absolute Gasteiger partial charge is 0.497 e. The Hall–Kier alpha value is -2.62. The molecule has 1 heterocycles. The first-order valence-corrected chi connectivity index (χ1v) is 11.2. The van der Waals surface area contributed by atoms with Crippen LogP contribution in [0.3, 0.4) is 0 Å². The Bertz CT molecular complexity index is 931. The maximum Gasteiger partial charge on any atom is 0.254 e. The molecule has 3 rings (SSSR count). The number of halogens is 1. The van der Waals surface area contributed by atoms with Gasteiger partial charge >= 0.3 is 0 Å². The molecule has 0 radical (unpaired) electrons. The quantitative estimate of drug-likeness (QED) is 0.529. The van der Waals surface area contributed by atoms with E-state index in [1.165, 1.54) is 4.90 Å². The molecule has 1 aliphatic heterocycles. The van der Waals surface area contributed by atoms with Crippen LogP contribution in [0.4, 0.5) is 5.69 Å². The van der Waals surface area contributed by atoms with E-state index in [0.29, 0.717) is 26.2 Å². The average Bonchev–Trinajstić information content (AvgIpc) is 2.83. The Morgan fingerprint density at radius 2 is 1.69 bits per heavy atom. The number of carbonyl (C=O) groups excluding carboxylic acids is 2. The van der Waals surface area contributed by atoms with Crippen molar-refractivity contribution in [1.82, 2.24) is 10.2 Å². The summed E-state index contributed by atoms with van der Waals surface area (Å²) < 4.78 is 6.16. The van der Waals surface area contributed by atoms with Crippen LogP contribution in [0.2, 0.25) is 0 Å². The van der Waals surface area contributed by atoms with Gasteiger partial charge in [0.2, 0.25) is 0 Å². The van der Waals surface area contributed by atoms with Crippen molar-refractivity contribution in [1.29, 1.82) is 0 Å². The van der Waals surface area contributed by atoms with Gasteiger partial charge in [0.25, 0.3) is 11.8 Å². The highest BCUT2D eigenvalue weighted by Crippen LogP contribution is 2.22. The average molecular weight is 506 g/mol. The molecule has 0 unspecified atom stereocenters. The summed E-state index contributed by atoms with van der Waals surface area (Å²) in [4.78, 5) is 28.7. The number of hydrogen-bond donors (Lipinski definition) is 3. The first-order chi connectivity index (χ1) is 15.3. The highest BCUT2D eigenvalue weighted by atomic mass is 79.9. The first kappa shape index (κ1) is 24.0. The second-order valence-electron chi connectivity index (χ2n) is 7.69. The topological polar surface area (TPSA) is 102 Å². The number of nitrogens with zero attached hydrogens (tertiary/aromatic N) is 2. The summed E-state index contributed by atoms with van der Waals surface area (Å²) in [5, 5.41) is 23.3. The Morgan fingerprint density at radius 3 is 2.31 bits per heavy atom. The number of carbonyl (C=O) groups is 2. The molecule has 0 saturated carbocycles. The SMILES string of the molecule is COc1cccc(N2CCN(C(=O)[C@H](O)[C@@H](O)C(=O)N[C@@H](C)c3ccc(Br)cc3)CC2)c1. The zero-order valence-corrected chi connectivity index (χ0v) is 19.7. The van der Waals surface area contributed by atoms with Crippen LogP contribution in [0.25, 0.3) is 0 Å². The second kappa shape index (κ2) is 10.8. The normalized spacial score (nSPS) is 16.8. The number of hydrogen-bond acceptors (Lipinski definition) is 6.